The maximum absolute atomic E-state index is 15.2. The number of piperazine rings is 1. The van der Waals surface area contributed by atoms with Gasteiger partial charge in [-0.2, -0.15) is 13.2 Å². The van der Waals surface area contributed by atoms with Gasteiger partial charge in [0.25, 0.3) is 5.91 Å². The van der Waals surface area contributed by atoms with Gasteiger partial charge in [-0.15, -0.1) is 0 Å². The molecule has 8 aliphatic heterocycles. The van der Waals surface area contributed by atoms with E-state index in [1.54, 1.807) is 6.07 Å². The van der Waals surface area contributed by atoms with E-state index in [-0.39, 0.29) is 66.5 Å². The van der Waals surface area contributed by atoms with Crippen molar-refractivity contribution in [3.63, 3.8) is 0 Å². The fraction of sp³-hybridized carbons (Fsp3) is 0.712. The minimum Gasteiger partial charge on any atom is -0.464 e. The molecule has 12 rings (SSSR count). The van der Waals surface area contributed by atoms with Crippen molar-refractivity contribution in [3.05, 3.63) is 41.7 Å². The van der Waals surface area contributed by atoms with Crippen molar-refractivity contribution in [1.82, 2.24) is 45.3 Å². The quantitative estimate of drug-likeness (QED) is 0.191. The van der Waals surface area contributed by atoms with Crippen LogP contribution < -0.4 is 25.9 Å². The molecule has 21 heteroatoms. The first kappa shape index (κ1) is 55.5. The lowest BCUT2D eigenvalue weighted by Crippen LogP contribution is -2.62. The number of pyridine rings is 1. The van der Waals surface area contributed by atoms with Gasteiger partial charge >= 0.3 is 12.1 Å². The van der Waals surface area contributed by atoms with Crippen LogP contribution in [0.2, 0.25) is 0 Å². The molecule has 9 aliphatic rings. The van der Waals surface area contributed by atoms with Crippen molar-refractivity contribution >= 4 is 46.0 Å². The largest absolute Gasteiger partial charge is 0.464 e. The SMILES string of the molecule is CC(C)c1ncc(N2CCN3CCOC[C@@H]3C2)cc1-c1c2c3cc(ccc3n1CC(F)(F)F)N1CCO[C@@H](C[C@H](NC(=O)[C@H](C3CCCC3)N3CC[C@]4(CCN(C(=O)[C@H]5CN5)C4)C3)C(=O)N3CCC[C@H](N3)C(=O)OCC(C)(C)C2)C1. The zero-order valence-electron chi connectivity index (χ0n) is 47.2. The molecule has 436 valence electrons. The Morgan fingerprint density at radius 2 is 1.71 bits per heavy atom. The smallest absolute Gasteiger partial charge is 0.406 e. The average Bonchev–Trinajstić information content (AvgIpc) is 3.86. The molecule has 0 unspecified atom stereocenters. The van der Waals surface area contributed by atoms with Crippen LogP contribution in [-0.4, -0.2) is 200 Å². The van der Waals surface area contributed by atoms with Gasteiger partial charge in [-0.25, -0.2) is 5.43 Å². The fourth-order valence-corrected chi connectivity index (χ4v) is 14.8. The lowest BCUT2D eigenvalue weighted by Gasteiger charge is -2.44. The van der Waals surface area contributed by atoms with Gasteiger partial charge in [0.2, 0.25) is 11.8 Å². The zero-order chi connectivity index (χ0) is 55.7. The first-order chi connectivity index (χ1) is 38.4. The number of fused-ring (bicyclic) bond motifs is 7. The van der Waals surface area contributed by atoms with E-state index in [1.165, 1.54) is 9.58 Å². The molecule has 3 N–H and O–H groups in total. The van der Waals surface area contributed by atoms with Gasteiger partial charge in [-0.3, -0.25) is 39.0 Å². The van der Waals surface area contributed by atoms with Gasteiger partial charge in [0, 0.05) is 111 Å². The Balaban J connectivity index is 0.893. The lowest BCUT2D eigenvalue weighted by atomic mass is 9.84. The minimum absolute atomic E-state index is 0.0394. The second kappa shape index (κ2) is 22.3. The third kappa shape index (κ3) is 11.5. The Kier molecular flexibility index (Phi) is 15.4. The number of halogens is 3. The molecule has 1 spiro atoms. The highest BCUT2D eigenvalue weighted by atomic mass is 19.4. The molecule has 6 bridgehead atoms. The molecule has 2 aromatic heterocycles. The molecule has 18 nitrogen and oxygen atoms in total. The Bertz CT molecular complexity index is 2820. The number of ether oxygens (including phenoxy) is 3. The molecule has 10 heterocycles. The van der Waals surface area contributed by atoms with Crippen molar-refractivity contribution in [2.45, 2.75) is 147 Å². The zero-order valence-corrected chi connectivity index (χ0v) is 47.2. The Morgan fingerprint density at radius 3 is 2.50 bits per heavy atom. The van der Waals surface area contributed by atoms with Crippen LogP contribution in [0.15, 0.2) is 30.5 Å². The van der Waals surface area contributed by atoms with Crippen LogP contribution in [0.1, 0.15) is 103 Å². The van der Waals surface area contributed by atoms with Crippen LogP contribution in [0.3, 0.4) is 0 Å². The maximum atomic E-state index is 15.2. The van der Waals surface area contributed by atoms with Crippen LogP contribution in [0.4, 0.5) is 24.5 Å². The predicted octanol–water partition coefficient (Wildman–Crippen LogP) is 5.07. The Labute approximate surface area is 467 Å². The molecule has 1 saturated carbocycles. The summed E-state index contributed by atoms with van der Waals surface area (Å²) in [7, 11) is 0. The molecule has 8 fully saturated rings. The number of benzene rings is 1. The third-order valence-corrected chi connectivity index (χ3v) is 19.0. The van der Waals surface area contributed by atoms with E-state index in [2.05, 4.69) is 35.7 Å². The maximum Gasteiger partial charge on any atom is 0.406 e. The number of rotatable bonds is 9. The number of nitrogens with zero attached hydrogens (tertiary/aromatic N) is 8. The summed E-state index contributed by atoms with van der Waals surface area (Å²) in [4.78, 5) is 74.0. The molecule has 1 aliphatic carbocycles. The molecule has 7 saturated heterocycles. The Morgan fingerprint density at radius 1 is 0.912 bits per heavy atom. The van der Waals surface area contributed by atoms with Crippen molar-refractivity contribution < 1.29 is 46.6 Å². The monoisotopic (exact) mass is 1110 g/mol. The van der Waals surface area contributed by atoms with Crippen LogP contribution in [0.25, 0.3) is 22.2 Å². The Hall–Kier alpha value is -5.06. The van der Waals surface area contributed by atoms with Gasteiger partial charge in [0.1, 0.15) is 18.6 Å². The number of nitrogens with one attached hydrogen (secondary N) is 3. The number of hydrazine groups is 1. The second-order valence-corrected chi connectivity index (χ2v) is 25.9. The summed E-state index contributed by atoms with van der Waals surface area (Å²) in [6, 6.07) is 5.54. The number of carbonyl (C=O) groups is 4. The predicted molar refractivity (Wildman–Crippen MR) is 296 cm³/mol. The van der Waals surface area contributed by atoms with Crippen molar-refractivity contribution in [2.75, 3.05) is 115 Å². The van der Waals surface area contributed by atoms with E-state index in [0.717, 1.165) is 94.7 Å². The highest BCUT2D eigenvalue weighted by Gasteiger charge is 2.51. The molecule has 7 atom stereocenters. The molecule has 3 amide bonds. The number of aromatic nitrogens is 2. The second-order valence-electron chi connectivity index (χ2n) is 25.9. The van der Waals surface area contributed by atoms with Crippen LogP contribution in [0.5, 0.6) is 0 Å². The lowest BCUT2D eigenvalue weighted by molar-refractivity contribution is -0.156. The van der Waals surface area contributed by atoms with Gasteiger partial charge in [-0.05, 0) is 93.2 Å². The number of anilines is 2. The van der Waals surface area contributed by atoms with Gasteiger partial charge in [0.15, 0.2) is 0 Å². The van der Waals surface area contributed by atoms with Gasteiger partial charge in [0.05, 0.1) is 73.9 Å². The molecule has 1 aromatic carbocycles. The molecular weight excluding hydrogens is 1030 g/mol. The number of amides is 3. The highest BCUT2D eigenvalue weighted by Crippen LogP contribution is 2.46. The van der Waals surface area contributed by atoms with Crippen molar-refractivity contribution in [3.8, 4) is 11.3 Å². The number of alkyl halides is 3. The van der Waals surface area contributed by atoms with Crippen molar-refractivity contribution in [2.24, 2.45) is 16.7 Å². The summed E-state index contributed by atoms with van der Waals surface area (Å²) in [6.07, 6.45) is 3.81. The summed E-state index contributed by atoms with van der Waals surface area (Å²) in [6.45, 7) is 16.3. The average molecular weight is 1110 g/mol. The number of esters is 1. The van der Waals surface area contributed by atoms with E-state index < -0.39 is 48.3 Å². The number of morpholine rings is 2. The first-order valence-electron chi connectivity index (χ1n) is 29.8. The number of hydrogen-bond donors (Lipinski definition) is 3. The normalized spacial score (nSPS) is 29.6. The first-order valence-corrected chi connectivity index (χ1v) is 29.8. The fourth-order valence-electron chi connectivity index (χ4n) is 14.8. The topological polar surface area (TPSA) is 179 Å². The summed E-state index contributed by atoms with van der Waals surface area (Å²) >= 11 is 0. The summed E-state index contributed by atoms with van der Waals surface area (Å²) in [5.41, 5.74) is 6.94. The van der Waals surface area contributed by atoms with Crippen LogP contribution in [-0.2, 0) is 46.4 Å². The van der Waals surface area contributed by atoms with E-state index in [1.807, 2.05) is 57.0 Å². The summed E-state index contributed by atoms with van der Waals surface area (Å²) in [5.74, 6) is -0.921. The highest BCUT2D eigenvalue weighted by molar-refractivity contribution is 5.95. The standard InChI is InChI=1S/C59H82F3N11O7/c1-37(2)50-44(25-40(28-64-50)68-19-18-67-20-22-78-32-41(67)30-68)52-45-27-57(3,4)36-80-56(77)46-10-7-15-73(66-46)55(76)47(26-42-31-69(21-23-79-42)39-11-12-49(43(45)24-39)72(52)35-59(60,61)62)65-53(74)51(38-8-5-6-9-38)70-16-13-58(33-70)14-17-71(34-58)54(75)48-29-63-48/h11-12,24-25,28,37-38,41-42,46-48,51,63,66H,5-10,13-23,26-27,29-36H2,1-4H3,(H,65,74)/t41-,42-,46-,47-,48+,51-,58-/m0/s1. The van der Waals surface area contributed by atoms with E-state index in [9.17, 15) is 9.59 Å². The number of carbonyl (C=O) groups excluding carboxylic acids is 4. The molecule has 3 aromatic rings. The number of likely N-dealkylation sites (tertiary alicyclic amines) is 2. The summed E-state index contributed by atoms with van der Waals surface area (Å²) in [5, 5.41) is 8.61. The van der Waals surface area contributed by atoms with Crippen LogP contribution >= 0.6 is 0 Å². The number of cyclic esters (lactones) is 1. The van der Waals surface area contributed by atoms with Gasteiger partial charge in [-0.1, -0.05) is 40.5 Å². The van der Waals surface area contributed by atoms with E-state index in [0.29, 0.717) is 99.8 Å². The van der Waals surface area contributed by atoms with E-state index >= 15 is 22.8 Å². The molecular formula is C59H82F3N11O7. The number of hydrogen-bond acceptors (Lipinski definition) is 14. The van der Waals surface area contributed by atoms with Crippen LogP contribution in [0, 0.1) is 16.7 Å². The van der Waals surface area contributed by atoms with Crippen molar-refractivity contribution in [1.29, 1.82) is 0 Å². The van der Waals surface area contributed by atoms with E-state index in [4.69, 9.17) is 19.2 Å². The summed E-state index contributed by atoms with van der Waals surface area (Å²) < 4.78 is 65.7. The molecule has 0 radical (unpaired) electrons. The minimum atomic E-state index is -4.57. The molecule has 80 heavy (non-hydrogen) atoms. The third-order valence-electron chi connectivity index (χ3n) is 19.0. The van der Waals surface area contributed by atoms with Gasteiger partial charge < -0.3 is 44.1 Å².